The number of hydrogen-bond donors (Lipinski definition) is 2. The third-order valence-electron chi connectivity index (χ3n) is 2.76. The Morgan fingerprint density at radius 3 is 2.55 bits per heavy atom. The van der Waals surface area contributed by atoms with Crippen molar-refractivity contribution in [3.8, 4) is 0 Å². The molecule has 0 radical (unpaired) electrons. The molecule has 0 unspecified atom stereocenters. The standard InChI is InChI=1S/C16H15FN2O/c1-11-2-8-15(14(18)10-11)19-16(20)9-5-12-3-6-13(17)7-4-12/h2-10H,18H2,1H3,(H,19,20)/b9-5+. The molecule has 102 valence electrons. The van der Waals surface area contributed by atoms with Crippen LogP contribution in [-0.2, 0) is 4.79 Å². The summed E-state index contributed by atoms with van der Waals surface area (Å²) in [6.07, 6.45) is 2.99. The van der Waals surface area contributed by atoms with E-state index in [4.69, 9.17) is 5.73 Å². The van der Waals surface area contributed by atoms with Crippen molar-refractivity contribution >= 4 is 23.4 Å². The molecule has 2 aromatic rings. The van der Waals surface area contributed by atoms with Crippen LogP contribution in [0.15, 0.2) is 48.5 Å². The molecule has 3 nitrogen and oxygen atoms in total. The number of carbonyl (C=O) groups excluding carboxylic acids is 1. The first-order chi connectivity index (χ1) is 9.54. The number of rotatable bonds is 3. The molecule has 0 aliphatic carbocycles. The van der Waals surface area contributed by atoms with Crippen LogP contribution >= 0.6 is 0 Å². The molecule has 0 aromatic heterocycles. The molecule has 0 aliphatic rings. The number of hydrogen-bond acceptors (Lipinski definition) is 2. The van der Waals surface area contributed by atoms with Crippen LogP contribution in [0.25, 0.3) is 6.08 Å². The summed E-state index contributed by atoms with van der Waals surface area (Å²) in [7, 11) is 0. The summed E-state index contributed by atoms with van der Waals surface area (Å²) in [5.74, 6) is -0.594. The number of benzene rings is 2. The van der Waals surface area contributed by atoms with E-state index in [9.17, 15) is 9.18 Å². The molecule has 0 atom stereocenters. The van der Waals surface area contributed by atoms with Gasteiger partial charge in [0.1, 0.15) is 5.82 Å². The first kappa shape index (κ1) is 13.8. The van der Waals surface area contributed by atoms with Crippen LogP contribution in [0.1, 0.15) is 11.1 Å². The van der Waals surface area contributed by atoms with Crippen molar-refractivity contribution in [2.75, 3.05) is 11.1 Å². The fourth-order valence-electron chi connectivity index (χ4n) is 1.72. The average molecular weight is 270 g/mol. The lowest BCUT2D eigenvalue weighted by molar-refractivity contribution is -0.111. The van der Waals surface area contributed by atoms with Gasteiger partial charge in [0.2, 0.25) is 5.91 Å². The number of nitrogens with one attached hydrogen (secondary N) is 1. The van der Waals surface area contributed by atoms with Crippen molar-refractivity contribution in [2.24, 2.45) is 0 Å². The number of nitrogens with two attached hydrogens (primary N) is 1. The van der Waals surface area contributed by atoms with E-state index in [2.05, 4.69) is 5.32 Å². The van der Waals surface area contributed by atoms with Gasteiger partial charge in [-0.25, -0.2) is 4.39 Å². The second-order valence-electron chi connectivity index (χ2n) is 4.46. The molecule has 0 aliphatic heterocycles. The van der Waals surface area contributed by atoms with Crippen molar-refractivity contribution < 1.29 is 9.18 Å². The maximum atomic E-state index is 12.7. The zero-order valence-corrected chi connectivity index (χ0v) is 11.1. The average Bonchev–Trinajstić information content (AvgIpc) is 2.41. The highest BCUT2D eigenvalue weighted by Crippen LogP contribution is 2.19. The quantitative estimate of drug-likeness (QED) is 0.663. The summed E-state index contributed by atoms with van der Waals surface area (Å²) in [4.78, 5) is 11.8. The summed E-state index contributed by atoms with van der Waals surface area (Å²) < 4.78 is 12.7. The Hall–Kier alpha value is -2.62. The van der Waals surface area contributed by atoms with Crippen LogP contribution in [0.2, 0.25) is 0 Å². The second kappa shape index (κ2) is 6.02. The van der Waals surface area contributed by atoms with Crippen LogP contribution in [0.5, 0.6) is 0 Å². The summed E-state index contributed by atoms with van der Waals surface area (Å²) >= 11 is 0. The van der Waals surface area contributed by atoms with E-state index in [0.717, 1.165) is 11.1 Å². The Morgan fingerprint density at radius 1 is 1.20 bits per heavy atom. The molecule has 2 rings (SSSR count). The number of nitrogen functional groups attached to an aromatic ring is 1. The minimum absolute atomic E-state index is 0.287. The molecular formula is C16H15FN2O. The fourth-order valence-corrected chi connectivity index (χ4v) is 1.72. The van der Waals surface area contributed by atoms with Gasteiger partial charge in [0.25, 0.3) is 0 Å². The van der Waals surface area contributed by atoms with E-state index in [1.54, 1.807) is 30.3 Å². The van der Waals surface area contributed by atoms with Crippen LogP contribution < -0.4 is 11.1 Å². The molecule has 0 saturated heterocycles. The molecule has 1 amide bonds. The van der Waals surface area contributed by atoms with Crippen molar-refractivity contribution in [3.63, 3.8) is 0 Å². The number of aryl methyl sites for hydroxylation is 1. The molecule has 0 bridgehead atoms. The van der Waals surface area contributed by atoms with Gasteiger partial charge in [0.15, 0.2) is 0 Å². The lowest BCUT2D eigenvalue weighted by atomic mass is 10.2. The Bertz CT molecular complexity index is 648. The summed E-state index contributed by atoms with van der Waals surface area (Å²) in [5, 5.41) is 2.69. The van der Waals surface area contributed by atoms with E-state index in [0.29, 0.717) is 11.4 Å². The Balaban J connectivity index is 2.03. The van der Waals surface area contributed by atoms with E-state index < -0.39 is 0 Å². The minimum atomic E-state index is -0.306. The lowest BCUT2D eigenvalue weighted by Crippen LogP contribution is -2.09. The SMILES string of the molecule is Cc1ccc(NC(=O)/C=C/c2ccc(F)cc2)c(N)c1. The highest BCUT2D eigenvalue weighted by atomic mass is 19.1. The van der Waals surface area contributed by atoms with Gasteiger partial charge < -0.3 is 11.1 Å². The lowest BCUT2D eigenvalue weighted by Gasteiger charge is -2.06. The van der Waals surface area contributed by atoms with Crippen LogP contribution in [0.4, 0.5) is 15.8 Å². The van der Waals surface area contributed by atoms with Crippen molar-refractivity contribution in [3.05, 3.63) is 65.5 Å². The maximum absolute atomic E-state index is 12.7. The molecule has 0 saturated carbocycles. The van der Waals surface area contributed by atoms with E-state index in [-0.39, 0.29) is 11.7 Å². The molecule has 0 spiro atoms. The third kappa shape index (κ3) is 3.68. The van der Waals surface area contributed by atoms with E-state index in [1.165, 1.54) is 18.2 Å². The Kier molecular flexibility index (Phi) is 4.15. The molecule has 2 aromatic carbocycles. The van der Waals surface area contributed by atoms with Gasteiger partial charge in [-0.05, 0) is 48.4 Å². The highest BCUT2D eigenvalue weighted by Gasteiger charge is 2.02. The largest absolute Gasteiger partial charge is 0.397 e. The summed E-state index contributed by atoms with van der Waals surface area (Å²) in [6, 6.07) is 11.3. The topological polar surface area (TPSA) is 55.1 Å². The number of carbonyl (C=O) groups is 1. The Morgan fingerprint density at radius 2 is 1.90 bits per heavy atom. The smallest absolute Gasteiger partial charge is 0.248 e. The van der Waals surface area contributed by atoms with Crippen LogP contribution in [0, 0.1) is 12.7 Å². The second-order valence-corrected chi connectivity index (χ2v) is 4.46. The molecular weight excluding hydrogens is 255 g/mol. The summed E-state index contributed by atoms with van der Waals surface area (Å²) in [5.41, 5.74) is 8.69. The predicted octanol–water partition coefficient (Wildman–Crippen LogP) is 3.37. The van der Waals surface area contributed by atoms with E-state index >= 15 is 0 Å². The van der Waals surface area contributed by atoms with Crippen molar-refractivity contribution in [1.29, 1.82) is 0 Å². The predicted molar refractivity (Wildman–Crippen MR) is 79.7 cm³/mol. The van der Waals surface area contributed by atoms with Gasteiger partial charge in [-0.2, -0.15) is 0 Å². The zero-order chi connectivity index (χ0) is 14.5. The van der Waals surface area contributed by atoms with Gasteiger partial charge in [0.05, 0.1) is 11.4 Å². The van der Waals surface area contributed by atoms with Gasteiger partial charge in [-0.15, -0.1) is 0 Å². The monoisotopic (exact) mass is 270 g/mol. The first-order valence-electron chi connectivity index (χ1n) is 6.15. The zero-order valence-electron chi connectivity index (χ0n) is 11.1. The van der Waals surface area contributed by atoms with Crippen LogP contribution in [0.3, 0.4) is 0 Å². The van der Waals surface area contributed by atoms with Crippen molar-refractivity contribution in [1.82, 2.24) is 0 Å². The molecule has 3 N–H and O–H groups in total. The normalized spacial score (nSPS) is 10.7. The van der Waals surface area contributed by atoms with E-state index in [1.807, 2.05) is 13.0 Å². The van der Waals surface area contributed by atoms with Gasteiger partial charge in [0, 0.05) is 6.08 Å². The van der Waals surface area contributed by atoms with Gasteiger partial charge in [-0.3, -0.25) is 4.79 Å². The molecule has 4 heteroatoms. The summed E-state index contributed by atoms with van der Waals surface area (Å²) in [6.45, 7) is 1.93. The third-order valence-corrected chi connectivity index (χ3v) is 2.76. The number of halogens is 1. The van der Waals surface area contributed by atoms with Gasteiger partial charge in [-0.1, -0.05) is 18.2 Å². The fraction of sp³-hybridized carbons (Fsp3) is 0.0625. The molecule has 0 heterocycles. The highest BCUT2D eigenvalue weighted by molar-refractivity contribution is 6.03. The first-order valence-corrected chi connectivity index (χ1v) is 6.15. The minimum Gasteiger partial charge on any atom is -0.397 e. The van der Waals surface area contributed by atoms with Crippen LogP contribution in [-0.4, -0.2) is 5.91 Å². The van der Waals surface area contributed by atoms with Gasteiger partial charge >= 0.3 is 0 Å². The Labute approximate surface area is 116 Å². The number of amides is 1. The maximum Gasteiger partial charge on any atom is 0.248 e. The molecule has 20 heavy (non-hydrogen) atoms. The number of anilines is 2. The van der Waals surface area contributed by atoms with Crippen molar-refractivity contribution in [2.45, 2.75) is 6.92 Å². The molecule has 0 fully saturated rings.